The van der Waals surface area contributed by atoms with E-state index in [1.165, 1.54) is 6.07 Å². The Morgan fingerprint density at radius 1 is 1.16 bits per heavy atom. The van der Waals surface area contributed by atoms with Gasteiger partial charge in [0, 0.05) is 5.75 Å². The van der Waals surface area contributed by atoms with Crippen molar-refractivity contribution in [2.45, 2.75) is 5.75 Å². The number of nitrogens with zero attached hydrogens (tertiary/aromatic N) is 1. The molecule has 4 heteroatoms. The van der Waals surface area contributed by atoms with Crippen LogP contribution in [0.3, 0.4) is 0 Å². The molecule has 0 aliphatic carbocycles. The van der Waals surface area contributed by atoms with Gasteiger partial charge in [0.1, 0.15) is 28.9 Å². The summed E-state index contributed by atoms with van der Waals surface area (Å²) in [6.45, 7) is 0.483. The molecule has 0 bridgehead atoms. The van der Waals surface area contributed by atoms with Crippen molar-refractivity contribution >= 4 is 22.5 Å². The molecule has 96 valence electrons. The molecule has 0 amide bonds. The maximum Gasteiger partial charge on any atom is 0.145 e. The molecule has 0 radical (unpaired) electrons. The maximum absolute atomic E-state index is 13.1. The minimum atomic E-state index is -0.203. The predicted molar refractivity (Wildman–Crippen MR) is 76.7 cm³/mol. The highest BCUT2D eigenvalue weighted by atomic mass is 32.2. The van der Waals surface area contributed by atoms with E-state index >= 15 is 0 Å². The normalized spacial score (nSPS) is 13.4. The average molecular weight is 273 g/mol. The molecule has 0 N–H and O–H groups in total. The van der Waals surface area contributed by atoms with Crippen molar-refractivity contribution in [3.8, 4) is 5.75 Å². The zero-order valence-electron chi connectivity index (χ0n) is 10.2. The number of hydrogen-bond acceptors (Lipinski definition) is 3. The highest BCUT2D eigenvalue weighted by Gasteiger charge is 2.12. The molecule has 0 fully saturated rings. The van der Waals surface area contributed by atoms with E-state index in [1.807, 2.05) is 30.3 Å². The Morgan fingerprint density at radius 2 is 2.05 bits per heavy atom. The number of rotatable bonds is 2. The number of halogens is 1. The third kappa shape index (κ3) is 2.96. The molecule has 2 nitrogen and oxygen atoms in total. The smallest absolute Gasteiger partial charge is 0.145 e. The summed E-state index contributed by atoms with van der Waals surface area (Å²) in [4.78, 5) is 4.54. The molecule has 0 saturated heterocycles. The highest BCUT2D eigenvalue weighted by Crippen LogP contribution is 2.32. The van der Waals surface area contributed by atoms with Gasteiger partial charge in [-0.2, -0.15) is 0 Å². The lowest BCUT2D eigenvalue weighted by molar-refractivity contribution is 0.375. The molecule has 3 rings (SSSR count). The van der Waals surface area contributed by atoms with Crippen LogP contribution in [-0.2, 0) is 5.75 Å². The van der Waals surface area contributed by atoms with Gasteiger partial charge >= 0.3 is 0 Å². The van der Waals surface area contributed by atoms with E-state index < -0.39 is 0 Å². The zero-order valence-corrected chi connectivity index (χ0v) is 11.0. The Labute approximate surface area is 115 Å². The van der Waals surface area contributed by atoms with Crippen molar-refractivity contribution in [1.82, 2.24) is 0 Å². The molecule has 2 aromatic rings. The van der Waals surface area contributed by atoms with Crippen LogP contribution >= 0.6 is 11.8 Å². The number of benzene rings is 2. The average Bonchev–Trinajstić information content (AvgIpc) is 2.45. The Balaban J connectivity index is 1.70. The number of ether oxygens (including phenoxy) is 1. The van der Waals surface area contributed by atoms with Crippen LogP contribution in [0, 0.1) is 5.82 Å². The summed E-state index contributed by atoms with van der Waals surface area (Å²) in [7, 11) is 0. The van der Waals surface area contributed by atoms with Crippen molar-refractivity contribution in [2.24, 2.45) is 4.99 Å². The maximum atomic E-state index is 13.1. The number of hydrogen-bond donors (Lipinski definition) is 0. The quantitative estimate of drug-likeness (QED) is 0.818. The topological polar surface area (TPSA) is 21.6 Å². The van der Waals surface area contributed by atoms with Crippen LogP contribution in [0.2, 0.25) is 0 Å². The van der Waals surface area contributed by atoms with Crippen LogP contribution in [-0.4, -0.2) is 11.7 Å². The summed E-state index contributed by atoms with van der Waals surface area (Å²) in [6, 6.07) is 14.3. The number of aliphatic imine (C=N–C) groups is 1. The lowest BCUT2D eigenvalue weighted by atomic mass is 10.2. The first kappa shape index (κ1) is 12.2. The van der Waals surface area contributed by atoms with Crippen LogP contribution in [0.15, 0.2) is 53.5 Å². The Bertz CT molecular complexity index is 627. The second-order valence-electron chi connectivity index (χ2n) is 4.18. The number of thioether (sulfide) groups is 1. The Morgan fingerprint density at radius 3 is 2.95 bits per heavy atom. The Kier molecular flexibility index (Phi) is 3.51. The fourth-order valence-corrected chi connectivity index (χ4v) is 2.66. The molecule has 0 aromatic heterocycles. The van der Waals surface area contributed by atoms with Crippen LogP contribution in [0.25, 0.3) is 0 Å². The van der Waals surface area contributed by atoms with E-state index in [1.54, 1.807) is 23.9 Å². The summed E-state index contributed by atoms with van der Waals surface area (Å²) < 4.78 is 18.7. The molecule has 1 aliphatic rings. The molecular formula is C15H12FNOS. The lowest BCUT2D eigenvalue weighted by Gasteiger charge is -2.16. The molecular weight excluding hydrogens is 261 g/mol. The number of fused-ring (bicyclic) bond motifs is 1. The summed E-state index contributed by atoms with van der Waals surface area (Å²) in [5.41, 5.74) is 1.81. The van der Waals surface area contributed by atoms with Crippen LogP contribution in [0.5, 0.6) is 5.75 Å². The Hall–Kier alpha value is -1.81. The molecule has 0 unspecified atom stereocenters. The fourth-order valence-electron chi connectivity index (χ4n) is 1.85. The first-order valence-electron chi connectivity index (χ1n) is 5.98. The van der Waals surface area contributed by atoms with Crippen LogP contribution in [0.4, 0.5) is 10.1 Å². The van der Waals surface area contributed by atoms with Gasteiger partial charge in [-0.3, -0.25) is 0 Å². The monoisotopic (exact) mass is 273 g/mol. The van der Waals surface area contributed by atoms with Gasteiger partial charge in [0.15, 0.2) is 0 Å². The van der Waals surface area contributed by atoms with E-state index in [0.717, 1.165) is 22.0 Å². The van der Waals surface area contributed by atoms with Gasteiger partial charge in [0.2, 0.25) is 0 Å². The second-order valence-corrected chi connectivity index (χ2v) is 5.23. The molecule has 2 aromatic carbocycles. The summed E-state index contributed by atoms with van der Waals surface area (Å²) >= 11 is 1.58. The molecule has 19 heavy (non-hydrogen) atoms. The molecule has 0 spiro atoms. The van der Waals surface area contributed by atoms with Gasteiger partial charge in [-0.05, 0) is 29.8 Å². The van der Waals surface area contributed by atoms with Gasteiger partial charge in [-0.25, -0.2) is 9.38 Å². The highest BCUT2D eigenvalue weighted by molar-refractivity contribution is 8.13. The first-order valence-corrected chi connectivity index (χ1v) is 6.96. The molecule has 0 saturated carbocycles. The van der Waals surface area contributed by atoms with Gasteiger partial charge in [-0.1, -0.05) is 24.3 Å². The van der Waals surface area contributed by atoms with E-state index in [9.17, 15) is 4.39 Å². The third-order valence-corrected chi connectivity index (χ3v) is 3.78. The number of para-hydroxylation sites is 2. The van der Waals surface area contributed by atoms with Crippen molar-refractivity contribution in [2.75, 3.05) is 6.61 Å². The minimum absolute atomic E-state index is 0.203. The SMILES string of the molecule is Fc1cccc(CSC2=Nc3ccccc3OC2)c1. The zero-order chi connectivity index (χ0) is 13.1. The fraction of sp³-hybridized carbons (Fsp3) is 0.133. The van der Waals surface area contributed by atoms with E-state index in [2.05, 4.69) is 4.99 Å². The van der Waals surface area contributed by atoms with Crippen LogP contribution in [0.1, 0.15) is 5.56 Å². The van der Waals surface area contributed by atoms with E-state index in [4.69, 9.17) is 4.74 Å². The molecule has 1 aliphatic heterocycles. The standard InChI is InChI=1S/C15H12FNOS/c16-12-5-3-4-11(8-12)10-19-15-9-18-14-7-2-1-6-13(14)17-15/h1-8H,9-10H2. The summed E-state index contributed by atoms with van der Waals surface area (Å²) in [6.07, 6.45) is 0. The van der Waals surface area contributed by atoms with Crippen molar-refractivity contribution in [3.63, 3.8) is 0 Å². The van der Waals surface area contributed by atoms with Gasteiger partial charge in [0.25, 0.3) is 0 Å². The van der Waals surface area contributed by atoms with Crippen molar-refractivity contribution in [3.05, 3.63) is 59.9 Å². The van der Waals surface area contributed by atoms with Gasteiger partial charge < -0.3 is 4.74 Å². The van der Waals surface area contributed by atoms with Crippen molar-refractivity contribution in [1.29, 1.82) is 0 Å². The second kappa shape index (κ2) is 5.45. The first-order chi connectivity index (χ1) is 9.31. The predicted octanol–water partition coefficient (Wildman–Crippen LogP) is 4.18. The molecule has 0 atom stereocenters. The lowest BCUT2D eigenvalue weighted by Crippen LogP contribution is -2.11. The third-order valence-electron chi connectivity index (χ3n) is 2.76. The van der Waals surface area contributed by atoms with E-state index in [-0.39, 0.29) is 5.82 Å². The summed E-state index contributed by atoms with van der Waals surface area (Å²) in [5.74, 6) is 1.31. The van der Waals surface area contributed by atoms with Crippen molar-refractivity contribution < 1.29 is 9.13 Å². The van der Waals surface area contributed by atoms with Crippen LogP contribution < -0.4 is 4.74 Å². The van der Waals surface area contributed by atoms with E-state index in [0.29, 0.717) is 12.4 Å². The van der Waals surface area contributed by atoms with Gasteiger partial charge in [-0.15, -0.1) is 11.8 Å². The minimum Gasteiger partial charge on any atom is -0.484 e. The molecule has 1 heterocycles. The summed E-state index contributed by atoms with van der Waals surface area (Å²) in [5, 5.41) is 0.919. The van der Waals surface area contributed by atoms with Gasteiger partial charge in [0.05, 0.1) is 0 Å². The largest absolute Gasteiger partial charge is 0.484 e.